The van der Waals surface area contributed by atoms with E-state index in [1.165, 1.54) is 0 Å². The van der Waals surface area contributed by atoms with Crippen molar-refractivity contribution < 1.29 is 14.0 Å². The molecule has 7 nitrogen and oxygen atoms in total. The molecule has 7 heteroatoms. The van der Waals surface area contributed by atoms with Crippen LogP contribution in [0.25, 0.3) is 0 Å². The number of hydrogen-bond acceptors (Lipinski definition) is 4. The van der Waals surface area contributed by atoms with Crippen molar-refractivity contribution in [3.05, 3.63) is 71.4 Å². The molecule has 0 fully saturated rings. The van der Waals surface area contributed by atoms with Crippen LogP contribution in [0, 0.1) is 20.8 Å². The Bertz CT molecular complexity index is 944. The molecule has 1 unspecified atom stereocenters. The molecule has 0 bridgehead atoms. The van der Waals surface area contributed by atoms with Gasteiger partial charge in [0.1, 0.15) is 11.8 Å². The topological polar surface area (TPSA) is 89.2 Å². The van der Waals surface area contributed by atoms with Crippen LogP contribution in [0.15, 0.2) is 53.1 Å². The fraction of sp³-hybridized carbons (Fsp3) is 0.250. The minimum Gasteiger partial charge on any atom is -0.467 e. The van der Waals surface area contributed by atoms with Crippen molar-refractivity contribution in [3.63, 3.8) is 0 Å². The van der Waals surface area contributed by atoms with E-state index in [0.29, 0.717) is 11.4 Å². The van der Waals surface area contributed by atoms with Crippen LogP contribution in [0.3, 0.4) is 0 Å². The molecule has 140 valence electrons. The van der Waals surface area contributed by atoms with E-state index in [0.717, 1.165) is 17.0 Å². The second-order valence-electron chi connectivity index (χ2n) is 6.44. The summed E-state index contributed by atoms with van der Waals surface area (Å²) in [6, 6.07) is 12.5. The zero-order valence-electron chi connectivity index (χ0n) is 15.5. The lowest BCUT2D eigenvalue weighted by molar-refractivity contribution is -0.136. The van der Waals surface area contributed by atoms with Gasteiger partial charge < -0.3 is 15.1 Å². The summed E-state index contributed by atoms with van der Waals surface area (Å²) in [5, 5.41) is 9.74. The number of furan rings is 1. The van der Waals surface area contributed by atoms with Crippen LogP contribution < -0.4 is 10.6 Å². The third-order valence-electron chi connectivity index (χ3n) is 4.15. The molecule has 0 spiro atoms. The van der Waals surface area contributed by atoms with Crippen LogP contribution in [-0.4, -0.2) is 28.1 Å². The maximum Gasteiger partial charge on any atom is 0.313 e. The Balaban J connectivity index is 1.69. The van der Waals surface area contributed by atoms with Gasteiger partial charge in [-0.15, -0.1) is 0 Å². The van der Waals surface area contributed by atoms with Gasteiger partial charge in [0.05, 0.1) is 12.0 Å². The number of carbonyl (C=O) groups is 2. The van der Waals surface area contributed by atoms with E-state index >= 15 is 0 Å². The lowest BCUT2D eigenvalue weighted by Crippen LogP contribution is -2.39. The molecule has 2 amide bonds. The summed E-state index contributed by atoms with van der Waals surface area (Å²) in [5.74, 6) is -0.776. The van der Waals surface area contributed by atoms with Crippen LogP contribution in [-0.2, 0) is 9.59 Å². The number of aryl methyl sites for hydroxylation is 3. The number of nitrogens with one attached hydrogen (secondary N) is 2. The number of hydrogen-bond donors (Lipinski definition) is 2. The first-order valence-corrected chi connectivity index (χ1v) is 8.66. The summed E-state index contributed by atoms with van der Waals surface area (Å²) in [5.41, 5.74) is 3.38. The van der Waals surface area contributed by atoms with Crippen molar-refractivity contribution in [3.8, 4) is 0 Å². The summed E-state index contributed by atoms with van der Waals surface area (Å²) in [7, 11) is 0. The molecular weight excluding hydrogens is 344 g/mol. The zero-order chi connectivity index (χ0) is 19.4. The maximum absolute atomic E-state index is 12.2. The van der Waals surface area contributed by atoms with E-state index in [2.05, 4.69) is 15.7 Å². The third-order valence-corrected chi connectivity index (χ3v) is 4.15. The second kappa shape index (κ2) is 7.90. The van der Waals surface area contributed by atoms with Gasteiger partial charge in [0, 0.05) is 17.9 Å². The number of nitrogens with zero attached hydrogens (tertiary/aromatic N) is 2. The zero-order valence-corrected chi connectivity index (χ0v) is 15.5. The number of rotatable bonds is 5. The van der Waals surface area contributed by atoms with E-state index in [9.17, 15) is 9.59 Å². The molecule has 2 heterocycles. The Morgan fingerprint density at radius 2 is 1.93 bits per heavy atom. The Labute approximate surface area is 157 Å². The molecule has 0 aliphatic heterocycles. The molecule has 3 aromatic rings. The lowest BCUT2D eigenvalue weighted by atomic mass is 10.2. The molecule has 2 aromatic heterocycles. The molecule has 1 aromatic carbocycles. The molecule has 1 atom stereocenters. The number of benzene rings is 1. The van der Waals surface area contributed by atoms with Crippen molar-refractivity contribution in [2.45, 2.75) is 26.8 Å². The largest absolute Gasteiger partial charge is 0.467 e. The van der Waals surface area contributed by atoms with Crippen molar-refractivity contribution in [2.24, 2.45) is 0 Å². The smallest absolute Gasteiger partial charge is 0.313 e. The van der Waals surface area contributed by atoms with Crippen molar-refractivity contribution >= 4 is 17.5 Å². The molecule has 0 radical (unpaired) electrons. The fourth-order valence-corrected chi connectivity index (χ4v) is 2.93. The van der Waals surface area contributed by atoms with Gasteiger partial charge >= 0.3 is 11.8 Å². The van der Waals surface area contributed by atoms with E-state index in [4.69, 9.17) is 4.42 Å². The SMILES string of the molecule is Cc1cccc(NC(=O)C(=O)NCC(c2ccco2)n2nc(C)cc2C)c1. The third kappa shape index (κ3) is 4.44. The van der Waals surface area contributed by atoms with Gasteiger partial charge in [0.25, 0.3) is 0 Å². The monoisotopic (exact) mass is 366 g/mol. The van der Waals surface area contributed by atoms with Crippen molar-refractivity contribution in [2.75, 3.05) is 11.9 Å². The van der Waals surface area contributed by atoms with Crippen LogP contribution in [0.4, 0.5) is 5.69 Å². The quantitative estimate of drug-likeness (QED) is 0.680. The van der Waals surface area contributed by atoms with Crippen molar-refractivity contribution in [1.29, 1.82) is 0 Å². The maximum atomic E-state index is 12.2. The molecule has 0 aliphatic rings. The number of anilines is 1. The summed E-state index contributed by atoms with van der Waals surface area (Å²) < 4.78 is 7.29. The average molecular weight is 366 g/mol. The summed E-state index contributed by atoms with van der Waals surface area (Å²) in [4.78, 5) is 24.4. The number of carbonyl (C=O) groups excluding carboxylic acids is 2. The molecule has 0 saturated carbocycles. The minimum absolute atomic E-state index is 0.176. The highest BCUT2D eigenvalue weighted by molar-refractivity contribution is 6.39. The average Bonchev–Trinajstić information content (AvgIpc) is 3.25. The Hall–Kier alpha value is -3.35. The number of amides is 2. The first kappa shape index (κ1) is 18.4. The summed E-state index contributed by atoms with van der Waals surface area (Å²) in [6.45, 7) is 5.92. The highest BCUT2D eigenvalue weighted by Gasteiger charge is 2.22. The van der Waals surface area contributed by atoms with Crippen LogP contribution in [0.2, 0.25) is 0 Å². The normalized spacial score (nSPS) is 11.8. The molecule has 27 heavy (non-hydrogen) atoms. The highest BCUT2D eigenvalue weighted by atomic mass is 16.3. The van der Waals surface area contributed by atoms with Gasteiger partial charge in [0.15, 0.2) is 0 Å². The van der Waals surface area contributed by atoms with E-state index < -0.39 is 11.8 Å². The molecule has 2 N–H and O–H groups in total. The van der Waals surface area contributed by atoms with Gasteiger partial charge in [-0.2, -0.15) is 5.10 Å². The van der Waals surface area contributed by atoms with E-state index in [-0.39, 0.29) is 12.6 Å². The summed E-state index contributed by atoms with van der Waals surface area (Å²) in [6.07, 6.45) is 1.57. The van der Waals surface area contributed by atoms with Crippen molar-refractivity contribution in [1.82, 2.24) is 15.1 Å². The van der Waals surface area contributed by atoms with Gasteiger partial charge in [-0.3, -0.25) is 14.3 Å². The standard InChI is InChI=1S/C20H22N4O3/c1-13-6-4-7-16(10-13)22-20(26)19(25)21-12-17(18-8-5-9-27-18)24-15(3)11-14(2)23-24/h4-11,17H,12H2,1-3H3,(H,21,25)(H,22,26). The number of aromatic nitrogens is 2. The van der Waals surface area contributed by atoms with E-state index in [1.54, 1.807) is 29.1 Å². The first-order chi connectivity index (χ1) is 12.9. The van der Waals surface area contributed by atoms with Crippen LogP contribution in [0.1, 0.15) is 28.8 Å². The first-order valence-electron chi connectivity index (χ1n) is 8.66. The highest BCUT2D eigenvalue weighted by Crippen LogP contribution is 2.20. The molecule has 3 rings (SSSR count). The van der Waals surface area contributed by atoms with Gasteiger partial charge in [-0.25, -0.2) is 0 Å². The van der Waals surface area contributed by atoms with Gasteiger partial charge in [0.2, 0.25) is 0 Å². The van der Waals surface area contributed by atoms with Gasteiger partial charge in [-0.05, 0) is 56.7 Å². The molecule has 0 saturated heterocycles. The van der Waals surface area contributed by atoms with Gasteiger partial charge in [-0.1, -0.05) is 12.1 Å². The summed E-state index contributed by atoms with van der Waals surface area (Å²) >= 11 is 0. The Morgan fingerprint density at radius 3 is 2.56 bits per heavy atom. The van der Waals surface area contributed by atoms with Crippen LogP contribution in [0.5, 0.6) is 0 Å². The lowest BCUT2D eigenvalue weighted by Gasteiger charge is -2.18. The fourth-order valence-electron chi connectivity index (χ4n) is 2.93. The predicted molar refractivity (Wildman–Crippen MR) is 101 cm³/mol. The minimum atomic E-state index is -0.716. The predicted octanol–water partition coefficient (Wildman–Crippen LogP) is 2.75. The van der Waals surface area contributed by atoms with Crippen LogP contribution >= 0.6 is 0 Å². The molecular formula is C20H22N4O3. The van der Waals surface area contributed by atoms with E-state index in [1.807, 2.05) is 45.0 Å². The Morgan fingerprint density at radius 1 is 1.11 bits per heavy atom. The second-order valence-corrected chi connectivity index (χ2v) is 6.44. The Kier molecular flexibility index (Phi) is 5.40. The molecule has 0 aliphatic carbocycles.